The lowest BCUT2D eigenvalue weighted by Crippen LogP contribution is -2.26. The number of carboxylic acids is 1. The summed E-state index contributed by atoms with van der Waals surface area (Å²) < 4.78 is 28.1. The number of alkyl halides is 2. The first-order valence-corrected chi connectivity index (χ1v) is 4.31. The van der Waals surface area contributed by atoms with Crippen LogP contribution in [0.5, 0.6) is 0 Å². The highest BCUT2D eigenvalue weighted by atomic mass is 19.3. The molecule has 16 heavy (non-hydrogen) atoms. The fourth-order valence-corrected chi connectivity index (χ4v) is 1.46. The molecule has 2 heterocycles. The van der Waals surface area contributed by atoms with Gasteiger partial charge in [-0.2, -0.15) is 8.78 Å². The van der Waals surface area contributed by atoms with E-state index in [9.17, 15) is 13.6 Å². The van der Waals surface area contributed by atoms with Crippen molar-refractivity contribution in [1.29, 1.82) is 0 Å². The average molecular weight is 227 g/mol. The van der Waals surface area contributed by atoms with Gasteiger partial charge in [0.15, 0.2) is 0 Å². The predicted octanol–water partition coefficient (Wildman–Crippen LogP) is 1.14. The standard InChI is InChI=1S/C9H7F2N3O2/c1-14-4-13-6-3-12-2-5(7(6)14)9(10,11)8(15)16/h2-4H,1H3,(H,15,16). The van der Waals surface area contributed by atoms with Crippen LogP contribution in [0.4, 0.5) is 8.78 Å². The van der Waals surface area contributed by atoms with Gasteiger partial charge in [0.25, 0.3) is 0 Å². The Balaban J connectivity index is 2.78. The zero-order valence-corrected chi connectivity index (χ0v) is 8.19. The summed E-state index contributed by atoms with van der Waals surface area (Å²) in [6.45, 7) is 0. The van der Waals surface area contributed by atoms with Crippen LogP contribution in [0.25, 0.3) is 11.0 Å². The molecule has 0 fully saturated rings. The molecule has 0 aliphatic heterocycles. The second-order valence-corrected chi connectivity index (χ2v) is 3.29. The molecule has 5 nitrogen and oxygen atoms in total. The summed E-state index contributed by atoms with van der Waals surface area (Å²) in [5, 5.41) is 8.48. The van der Waals surface area contributed by atoms with Gasteiger partial charge in [0.05, 0.1) is 23.6 Å². The number of carboxylic acid groups (broad SMARTS) is 1. The second-order valence-electron chi connectivity index (χ2n) is 3.29. The van der Waals surface area contributed by atoms with Crippen molar-refractivity contribution in [2.45, 2.75) is 5.92 Å². The maximum Gasteiger partial charge on any atom is 0.379 e. The number of nitrogens with zero attached hydrogens (tertiary/aromatic N) is 3. The molecule has 2 aromatic heterocycles. The van der Waals surface area contributed by atoms with Gasteiger partial charge in [0, 0.05) is 13.2 Å². The van der Waals surface area contributed by atoms with Gasteiger partial charge in [-0.25, -0.2) is 9.78 Å². The maximum atomic E-state index is 13.4. The molecule has 84 valence electrons. The summed E-state index contributed by atoms with van der Waals surface area (Å²) in [6, 6.07) is 0. The molecule has 0 atom stereocenters. The first-order chi connectivity index (χ1) is 7.44. The number of carbonyl (C=O) groups is 1. The SMILES string of the molecule is Cn1cnc2cncc(C(F)(F)C(=O)O)c21. The molecule has 0 saturated heterocycles. The summed E-state index contributed by atoms with van der Waals surface area (Å²) in [5.41, 5.74) is -0.346. The van der Waals surface area contributed by atoms with Crippen LogP contribution in [-0.2, 0) is 17.8 Å². The van der Waals surface area contributed by atoms with Crippen LogP contribution in [0.3, 0.4) is 0 Å². The van der Waals surface area contributed by atoms with Gasteiger partial charge in [-0.3, -0.25) is 4.98 Å². The Morgan fingerprint density at radius 2 is 2.19 bits per heavy atom. The molecular weight excluding hydrogens is 220 g/mol. The van der Waals surface area contributed by atoms with E-state index in [2.05, 4.69) is 9.97 Å². The average Bonchev–Trinajstić information content (AvgIpc) is 2.60. The number of aromatic nitrogens is 3. The van der Waals surface area contributed by atoms with E-state index in [0.29, 0.717) is 0 Å². The van der Waals surface area contributed by atoms with Crippen molar-refractivity contribution in [3.8, 4) is 0 Å². The Bertz CT molecular complexity index is 565. The molecule has 0 unspecified atom stereocenters. The maximum absolute atomic E-state index is 13.4. The van der Waals surface area contributed by atoms with E-state index >= 15 is 0 Å². The number of aliphatic carboxylic acids is 1. The van der Waals surface area contributed by atoms with Crippen LogP contribution in [-0.4, -0.2) is 25.6 Å². The quantitative estimate of drug-likeness (QED) is 0.835. The van der Waals surface area contributed by atoms with E-state index in [1.165, 1.54) is 24.1 Å². The number of rotatable bonds is 2. The minimum absolute atomic E-state index is 0.0717. The van der Waals surface area contributed by atoms with Gasteiger partial charge >= 0.3 is 11.9 Å². The van der Waals surface area contributed by atoms with E-state index in [-0.39, 0.29) is 11.0 Å². The number of imidazole rings is 1. The molecule has 0 saturated carbocycles. The first-order valence-electron chi connectivity index (χ1n) is 4.31. The molecule has 2 aromatic rings. The van der Waals surface area contributed by atoms with Gasteiger partial charge in [-0.15, -0.1) is 0 Å². The van der Waals surface area contributed by atoms with Crippen LogP contribution < -0.4 is 0 Å². The summed E-state index contributed by atoms with van der Waals surface area (Å²) >= 11 is 0. The highest BCUT2D eigenvalue weighted by molar-refractivity contribution is 5.86. The van der Waals surface area contributed by atoms with E-state index in [1.807, 2.05) is 0 Å². The van der Waals surface area contributed by atoms with Crippen molar-refractivity contribution < 1.29 is 18.7 Å². The molecule has 0 bridgehead atoms. The number of halogens is 2. The number of fused-ring (bicyclic) bond motifs is 1. The van der Waals surface area contributed by atoms with Crippen molar-refractivity contribution in [1.82, 2.24) is 14.5 Å². The Hall–Kier alpha value is -2.05. The molecule has 0 spiro atoms. The van der Waals surface area contributed by atoms with E-state index in [1.54, 1.807) is 0 Å². The number of hydrogen-bond donors (Lipinski definition) is 1. The zero-order valence-electron chi connectivity index (χ0n) is 8.19. The topological polar surface area (TPSA) is 68.0 Å². The van der Waals surface area contributed by atoms with Gasteiger partial charge in [0.1, 0.15) is 5.52 Å². The van der Waals surface area contributed by atoms with Crippen molar-refractivity contribution >= 4 is 17.0 Å². The Morgan fingerprint density at radius 3 is 2.81 bits per heavy atom. The fourth-order valence-electron chi connectivity index (χ4n) is 1.46. The summed E-state index contributed by atoms with van der Waals surface area (Å²) in [4.78, 5) is 17.9. The van der Waals surface area contributed by atoms with Gasteiger partial charge in [0.2, 0.25) is 0 Å². The molecule has 0 radical (unpaired) electrons. The minimum Gasteiger partial charge on any atom is -0.477 e. The number of aryl methyl sites for hydroxylation is 1. The largest absolute Gasteiger partial charge is 0.477 e. The molecule has 0 amide bonds. The minimum atomic E-state index is -3.97. The molecule has 0 aliphatic rings. The molecule has 7 heteroatoms. The van der Waals surface area contributed by atoms with Crippen LogP contribution in [0, 0.1) is 0 Å². The monoisotopic (exact) mass is 227 g/mol. The van der Waals surface area contributed by atoms with Gasteiger partial charge < -0.3 is 9.67 Å². The van der Waals surface area contributed by atoms with Crippen LogP contribution in [0.1, 0.15) is 5.56 Å². The summed E-state index contributed by atoms with van der Waals surface area (Å²) in [5.74, 6) is -6.18. The lowest BCUT2D eigenvalue weighted by Gasteiger charge is -2.12. The van der Waals surface area contributed by atoms with Crippen molar-refractivity contribution in [2.75, 3.05) is 0 Å². The number of hydrogen-bond acceptors (Lipinski definition) is 3. The van der Waals surface area contributed by atoms with Crippen molar-refractivity contribution in [2.24, 2.45) is 7.05 Å². The Kier molecular flexibility index (Phi) is 2.11. The van der Waals surface area contributed by atoms with E-state index < -0.39 is 17.5 Å². The van der Waals surface area contributed by atoms with E-state index in [0.717, 1.165) is 6.20 Å². The molecule has 0 aliphatic carbocycles. The zero-order chi connectivity index (χ0) is 11.9. The van der Waals surface area contributed by atoms with Gasteiger partial charge in [-0.1, -0.05) is 0 Å². The van der Waals surface area contributed by atoms with Crippen LogP contribution in [0.2, 0.25) is 0 Å². The lowest BCUT2D eigenvalue weighted by molar-refractivity contribution is -0.166. The summed E-state index contributed by atoms with van der Waals surface area (Å²) in [6.07, 6.45) is 3.47. The van der Waals surface area contributed by atoms with Crippen LogP contribution in [0.15, 0.2) is 18.7 Å². The smallest absolute Gasteiger partial charge is 0.379 e. The van der Waals surface area contributed by atoms with Crippen molar-refractivity contribution in [3.05, 3.63) is 24.3 Å². The molecule has 2 rings (SSSR count). The van der Waals surface area contributed by atoms with Crippen LogP contribution >= 0.6 is 0 Å². The summed E-state index contributed by atoms with van der Waals surface area (Å²) in [7, 11) is 1.51. The third-order valence-electron chi connectivity index (χ3n) is 2.23. The number of pyridine rings is 1. The molecule has 1 N–H and O–H groups in total. The fraction of sp³-hybridized carbons (Fsp3) is 0.222. The lowest BCUT2D eigenvalue weighted by atomic mass is 10.1. The third kappa shape index (κ3) is 1.32. The van der Waals surface area contributed by atoms with E-state index in [4.69, 9.17) is 5.11 Å². The predicted molar refractivity (Wildman–Crippen MR) is 50.0 cm³/mol. The normalized spacial score (nSPS) is 11.9. The van der Waals surface area contributed by atoms with Crippen molar-refractivity contribution in [3.63, 3.8) is 0 Å². The highest BCUT2D eigenvalue weighted by Crippen LogP contribution is 2.32. The second kappa shape index (κ2) is 3.22. The highest BCUT2D eigenvalue weighted by Gasteiger charge is 2.43. The Morgan fingerprint density at radius 1 is 1.50 bits per heavy atom. The Labute approximate surface area is 88.4 Å². The molecular formula is C9H7F2N3O2. The third-order valence-corrected chi connectivity index (χ3v) is 2.23. The molecule has 0 aromatic carbocycles. The van der Waals surface area contributed by atoms with Gasteiger partial charge in [-0.05, 0) is 0 Å². The first kappa shape index (κ1) is 10.5.